The highest BCUT2D eigenvalue weighted by Crippen LogP contribution is 2.28. The number of primary amides is 1. The number of thiophene rings is 1. The second-order valence-electron chi connectivity index (χ2n) is 5.11. The van der Waals surface area contributed by atoms with Gasteiger partial charge in [-0.1, -0.05) is 26.2 Å². The number of nitrogens with two attached hydrogens (primary N) is 1. The van der Waals surface area contributed by atoms with Crippen LogP contribution in [-0.4, -0.2) is 18.0 Å². The minimum absolute atomic E-state index is 0.242. The lowest BCUT2D eigenvalue weighted by molar-refractivity contribution is 0.100. The van der Waals surface area contributed by atoms with E-state index in [0.29, 0.717) is 10.6 Å². The summed E-state index contributed by atoms with van der Waals surface area (Å²) < 4.78 is 0. The van der Waals surface area contributed by atoms with Crippen LogP contribution in [-0.2, 0) is 6.42 Å². The Labute approximate surface area is 122 Å². The van der Waals surface area contributed by atoms with E-state index in [9.17, 15) is 9.59 Å². The number of anilines is 1. The van der Waals surface area contributed by atoms with Crippen molar-refractivity contribution in [3.63, 3.8) is 0 Å². The molecule has 0 aromatic carbocycles. The fraction of sp³-hybridized carbons (Fsp3) is 0.571. The molecule has 3 amide bonds. The van der Waals surface area contributed by atoms with E-state index in [0.717, 1.165) is 37.0 Å². The molecule has 0 unspecified atom stereocenters. The van der Waals surface area contributed by atoms with Gasteiger partial charge in [0.1, 0.15) is 5.00 Å². The molecule has 4 N–H and O–H groups in total. The van der Waals surface area contributed by atoms with Crippen LogP contribution in [0, 0.1) is 0 Å². The molecule has 6 heteroatoms. The van der Waals surface area contributed by atoms with E-state index < -0.39 is 5.91 Å². The standard InChI is InChI=1S/C14H21N3O2S/c1-2-10-8-11(12(15)18)13(20-10)17-14(19)16-9-6-4-3-5-7-9/h8-9H,2-7H2,1H3,(H2,15,18)(H2,16,17,19). The van der Waals surface area contributed by atoms with Crippen molar-refractivity contribution < 1.29 is 9.59 Å². The topological polar surface area (TPSA) is 84.2 Å². The third-order valence-electron chi connectivity index (χ3n) is 3.56. The Bertz CT molecular complexity index is 493. The maximum absolute atomic E-state index is 12.0. The number of nitrogens with one attached hydrogen (secondary N) is 2. The Morgan fingerprint density at radius 3 is 2.65 bits per heavy atom. The minimum Gasteiger partial charge on any atom is -0.366 e. The predicted octanol–water partition coefficient (Wildman–Crippen LogP) is 2.86. The number of hydrogen-bond acceptors (Lipinski definition) is 3. The first-order valence-corrected chi connectivity index (χ1v) is 7.91. The molecule has 5 nitrogen and oxygen atoms in total. The third-order valence-corrected chi connectivity index (χ3v) is 4.76. The van der Waals surface area contributed by atoms with Gasteiger partial charge >= 0.3 is 6.03 Å². The van der Waals surface area contributed by atoms with Crippen LogP contribution in [0.25, 0.3) is 0 Å². The summed E-state index contributed by atoms with van der Waals surface area (Å²) in [5.74, 6) is -0.506. The molecule has 20 heavy (non-hydrogen) atoms. The second kappa shape index (κ2) is 6.74. The van der Waals surface area contributed by atoms with Crippen molar-refractivity contribution in [2.75, 3.05) is 5.32 Å². The summed E-state index contributed by atoms with van der Waals surface area (Å²) in [6, 6.07) is 1.75. The lowest BCUT2D eigenvalue weighted by atomic mass is 9.96. The van der Waals surface area contributed by atoms with Gasteiger partial charge in [-0.25, -0.2) is 4.79 Å². The maximum atomic E-state index is 12.0. The molecule has 0 saturated heterocycles. The number of rotatable bonds is 4. The quantitative estimate of drug-likeness (QED) is 0.798. The summed E-state index contributed by atoms with van der Waals surface area (Å²) in [5.41, 5.74) is 5.73. The molecule has 0 radical (unpaired) electrons. The minimum atomic E-state index is -0.506. The van der Waals surface area contributed by atoms with Crippen LogP contribution in [0.2, 0.25) is 0 Å². The Kier molecular flexibility index (Phi) is 5.00. The molecule has 1 aromatic heterocycles. The fourth-order valence-corrected chi connectivity index (χ4v) is 3.46. The molecule has 1 fully saturated rings. The van der Waals surface area contributed by atoms with E-state index in [1.807, 2.05) is 6.92 Å². The third kappa shape index (κ3) is 3.72. The first-order chi connectivity index (χ1) is 9.60. The van der Waals surface area contributed by atoms with Crippen LogP contribution in [0.4, 0.5) is 9.80 Å². The fourth-order valence-electron chi connectivity index (χ4n) is 2.46. The van der Waals surface area contributed by atoms with Crippen molar-refractivity contribution in [3.8, 4) is 0 Å². The normalized spacial score (nSPS) is 15.8. The van der Waals surface area contributed by atoms with Gasteiger partial charge in [-0.3, -0.25) is 10.1 Å². The van der Waals surface area contributed by atoms with E-state index in [4.69, 9.17) is 5.73 Å². The van der Waals surface area contributed by atoms with Crippen LogP contribution in [0.5, 0.6) is 0 Å². The number of carbonyl (C=O) groups is 2. The average Bonchev–Trinajstić information content (AvgIpc) is 2.83. The first-order valence-electron chi connectivity index (χ1n) is 7.10. The van der Waals surface area contributed by atoms with Gasteiger partial charge in [0.15, 0.2) is 0 Å². The van der Waals surface area contributed by atoms with Gasteiger partial charge in [-0.05, 0) is 25.3 Å². The van der Waals surface area contributed by atoms with Gasteiger partial charge in [-0.2, -0.15) is 0 Å². The van der Waals surface area contributed by atoms with Gasteiger partial charge < -0.3 is 11.1 Å². The molecule has 1 aliphatic rings. The summed E-state index contributed by atoms with van der Waals surface area (Å²) in [7, 11) is 0. The van der Waals surface area contributed by atoms with Crippen molar-refractivity contribution in [1.29, 1.82) is 0 Å². The number of carbonyl (C=O) groups excluding carboxylic acids is 2. The number of aryl methyl sites for hydroxylation is 1. The van der Waals surface area contributed by atoms with Gasteiger partial charge in [0.05, 0.1) is 5.56 Å². The van der Waals surface area contributed by atoms with Crippen molar-refractivity contribution in [2.24, 2.45) is 5.73 Å². The van der Waals surface area contributed by atoms with E-state index in [-0.39, 0.29) is 12.1 Å². The maximum Gasteiger partial charge on any atom is 0.320 e. The zero-order chi connectivity index (χ0) is 14.5. The van der Waals surface area contributed by atoms with Crippen molar-refractivity contribution in [2.45, 2.75) is 51.5 Å². The van der Waals surface area contributed by atoms with Gasteiger partial charge in [0.2, 0.25) is 0 Å². The van der Waals surface area contributed by atoms with Crippen molar-refractivity contribution >= 4 is 28.3 Å². The Morgan fingerprint density at radius 1 is 1.35 bits per heavy atom. The monoisotopic (exact) mass is 295 g/mol. The molecule has 110 valence electrons. The summed E-state index contributed by atoms with van der Waals surface area (Å²) in [6.45, 7) is 2.00. The highest BCUT2D eigenvalue weighted by molar-refractivity contribution is 7.16. The number of hydrogen-bond donors (Lipinski definition) is 3. The summed E-state index contributed by atoms with van der Waals surface area (Å²) >= 11 is 1.41. The molecular formula is C14H21N3O2S. The highest BCUT2D eigenvalue weighted by Gasteiger charge is 2.18. The van der Waals surface area contributed by atoms with E-state index in [1.165, 1.54) is 17.8 Å². The predicted molar refractivity (Wildman–Crippen MR) is 81.2 cm³/mol. The molecule has 1 heterocycles. The molecule has 0 aliphatic heterocycles. The number of amides is 3. The highest BCUT2D eigenvalue weighted by atomic mass is 32.1. The molecule has 1 saturated carbocycles. The first kappa shape index (κ1) is 14.8. The summed E-state index contributed by atoms with van der Waals surface area (Å²) in [5, 5.41) is 6.27. The summed E-state index contributed by atoms with van der Waals surface area (Å²) in [4.78, 5) is 24.4. The summed E-state index contributed by atoms with van der Waals surface area (Å²) in [6.07, 6.45) is 6.45. The number of urea groups is 1. The van der Waals surface area contributed by atoms with E-state index in [1.54, 1.807) is 6.07 Å². The van der Waals surface area contributed by atoms with Crippen LogP contribution < -0.4 is 16.4 Å². The Morgan fingerprint density at radius 2 is 2.05 bits per heavy atom. The SMILES string of the molecule is CCc1cc(C(N)=O)c(NC(=O)NC2CCCCC2)s1. The Hall–Kier alpha value is -1.56. The van der Waals surface area contributed by atoms with Gasteiger partial charge in [-0.15, -0.1) is 11.3 Å². The van der Waals surface area contributed by atoms with Crippen molar-refractivity contribution in [3.05, 3.63) is 16.5 Å². The Balaban J connectivity index is 1.99. The van der Waals surface area contributed by atoms with Crippen LogP contribution >= 0.6 is 11.3 Å². The molecule has 1 aliphatic carbocycles. The molecule has 0 bridgehead atoms. The van der Waals surface area contributed by atoms with E-state index in [2.05, 4.69) is 10.6 Å². The van der Waals surface area contributed by atoms with Crippen LogP contribution in [0.1, 0.15) is 54.3 Å². The van der Waals surface area contributed by atoms with E-state index >= 15 is 0 Å². The van der Waals surface area contributed by atoms with Crippen molar-refractivity contribution in [1.82, 2.24) is 5.32 Å². The van der Waals surface area contributed by atoms with Gasteiger partial charge in [0.25, 0.3) is 5.91 Å². The lowest BCUT2D eigenvalue weighted by Gasteiger charge is -2.22. The molecule has 0 atom stereocenters. The van der Waals surface area contributed by atoms with Gasteiger partial charge in [0, 0.05) is 10.9 Å². The molecule has 0 spiro atoms. The lowest BCUT2D eigenvalue weighted by Crippen LogP contribution is -2.39. The zero-order valence-corrected chi connectivity index (χ0v) is 12.5. The smallest absolute Gasteiger partial charge is 0.320 e. The molecule has 1 aromatic rings. The second-order valence-corrected chi connectivity index (χ2v) is 6.24. The average molecular weight is 295 g/mol. The van der Waals surface area contributed by atoms with Crippen LogP contribution in [0.15, 0.2) is 6.07 Å². The van der Waals surface area contributed by atoms with Crippen LogP contribution in [0.3, 0.4) is 0 Å². The zero-order valence-electron chi connectivity index (χ0n) is 11.7. The largest absolute Gasteiger partial charge is 0.366 e. The molecular weight excluding hydrogens is 274 g/mol. The molecule has 2 rings (SSSR count).